The van der Waals surface area contributed by atoms with Gasteiger partial charge in [-0.1, -0.05) is 14.4 Å². The SMILES string of the molecule is C.CCC(=O)Oc1ccc2c(c1)oc(=O)c1cc(OC(=O)NC)ccc12.O=c1oc2cc(O)ccc2c2ccc(O)cc12. The summed E-state index contributed by atoms with van der Waals surface area (Å²) < 4.78 is 20.6. The molecule has 0 bridgehead atoms. The highest BCUT2D eigenvalue weighted by atomic mass is 16.6. The highest BCUT2D eigenvalue weighted by Crippen LogP contribution is 2.29. The molecule has 0 unspecified atom stereocenters. The highest BCUT2D eigenvalue weighted by molar-refractivity contribution is 6.06. The Kier molecular flexibility index (Phi) is 8.65. The number of carbonyl (C=O) groups excluding carboxylic acids is 2. The van der Waals surface area contributed by atoms with Crippen LogP contribution in [0.1, 0.15) is 20.8 Å². The first-order valence-corrected chi connectivity index (χ1v) is 12.7. The maximum absolute atomic E-state index is 12.3. The summed E-state index contributed by atoms with van der Waals surface area (Å²) in [5.74, 6) is 0.216. The maximum atomic E-state index is 12.3. The summed E-state index contributed by atoms with van der Waals surface area (Å²) in [6, 6.07) is 18.7. The number of esters is 1. The summed E-state index contributed by atoms with van der Waals surface area (Å²) in [6.45, 7) is 1.69. The van der Waals surface area contributed by atoms with E-state index < -0.39 is 17.3 Å². The number of hydrogen-bond donors (Lipinski definition) is 3. The molecule has 11 nitrogen and oxygen atoms in total. The van der Waals surface area contributed by atoms with Crippen molar-refractivity contribution in [2.45, 2.75) is 20.8 Å². The van der Waals surface area contributed by atoms with Crippen LogP contribution in [0.25, 0.3) is 43.5 Å². The fourth-order valence-corrected chi connectivity index (χ4v) is 4.29. The molecule has 2 aromatic heterocycles. The second-order valence-corrected chi connectivity index (χ2v) is 9.02. The van der Waals surface area contributed by atoms with Crippen LogP contribution in [0.4, 0.5) is 4.79 Å². The first-order valence-electron chi connectivity index (χ1n) is 12.7. The number of fused-ring (bicyclic) bond motifs is 6. The van der Waals surface area contributed by atoms with Crippen molar-refractivity contribution in [2.24, 2.45) is 0 Å². The molecular formula is C32H27NO10. The van der Waals surface area contributed by atoms with Gasteiger partial charge in [0.1, 0.15) is 34.2 Å². The van der Waals surface area contributed by atoms with Crippen molar-refractivity contribution in [2.75, 3.05) is 7.05 Å². The molecule has 4 aromatic carbocycles. The zero-order chi connectivity index (χ0) is 30.0. The van der Waals surface area contributed by atoms with Crippen LogP contribution in [-0.4, -0.2) is 29.3 Å². The van der Waals surface area contributed by atoms with Gasteiger partial charge in [0.05, 0.1) is 10.8 Å². The molecule has 11 heteroatoms. The molecule has 0 radical (unpaired) electrons. The number of aromatic hydroxyl groups is 2. The molecule has 2 heterocycles. The van der Waals surface area contributed by atoms with E-state index in [0.717, 1.165) is 5.39 Å². The van der Waals surface area contributed by atoms with Crippen molar-refractivity contribution in [3.05, 3.63) is 93.6 Å². The number of rotatable bonds is 3. The largest absolute Gasteiger partial charge is 0.508 e. The predicted octanol–water partition coefficient (Wildman–Crippen LogP) is 5.97. The minimum atomic E-state index is -0.632. The van der Waals surface area contributed by atoms with Crippen LogP contribution in [0.15, 0.2) is 91.2 Å². The zero-order valence-electron chi connectivity index (χ0n) is 22.3. The Balaban J connectivity index is 0.000000205. The fourth-order valence-electron chi connectivity index (χ4n) is 4.29. The summed E-state index contributed by atoms with van der Waals surface area (Å²) in [4.78, 5) is 46.6. The molecule has 220 valence electrons. The van der Waals surface area contributed by atoms with Crippen LogP contribution in [0.5, 0.6) is 23.0 Å². The average molecular weight is 586 g/mol. The lowest BCUT2D eigenvalue weighted by molar-refractivity contribution is -0.134. The Morgan fingerprint density at radius 1 is 0.674 bits per heavy atom. The smallest absolute Gasteiger partial charge is 0.412 e. The van der Waals surface area contributed by atoms with E-state index >= 15 is 0 Å². The van der Waals surface area contributed by atoms with E-state index in [1.54, 1.807) is 43.3 Å². The van der Waals surface area contributed by atoms with Crippen molar-refractivity contribution >= 4 is 55.5 Å². The second kappa shape index (κ2) is 12.4. The summed E-state index contributed by atoms with van der Waals surface area (Å²) in [5, 5.41) is 24.3. The van der Waals surface area contributed by atoms with Crippen LogP contribution in [-0.2, 0) is 4.79 Å². The molecule has 0 aliphatic rings. The van der Waals surface area contributed by atoms with Crippen molar-refractivity contribution < 1.29 is 38.1 Å². The van der Waals surface area contributed by atoms with Crippen LogP contribution in [0, 0.1) is 0 Å². The minimum absolute atomic E-state index is 0. The first-order chi connectivity index (χ1) is 20.2. The molecular weight excluding hydrogens is 558 g/mol. The Hall–Kier alpha value is -5.84. The van der Waals surface area contributed by atoms with Crippen molar-refractivity contribution in [1.82, 2.24) is 5.32 Å². The second-order valence-electron chi connectivity index (χ2n) is 9.02. The molecule has 1 amide bonds. The number of phenolic OH excluding ortho intramolecular Hbond substituents is 2. The standard InChI is InChI=1S/C18H15NO6.C13H8O4.CH4/c1-3-16(20)23-11-5-7-13-12-6-4-10(24-18(22)19-2)8-14(12)17(21)25-15(13)9-11;14-7-1-3-9-10-4-2-8(15)6-12(10)17-13(16)11(9)5-7;/h4-9H,3H2,1-2H3,(H,19,22);1-6,14-15H;1H4. The Morgan fingerprint density at radius 2 is 1.16 bits per heavy atom. The number of nitrogens with one attached hydrogen (secondary N) is 1. The van der Waals surface area contributed by atoms with Crippen LogP contribution in [0.2, 0.25) is 0 Å². The molecule has 0 aliphatic carbocycles. The number of amides is 1. The van der Waals surface area contributed by atoms with Gasteiger partial charge in [-0.3, -0.25) is 4.79 Å². The highest BCUT2D eigenvalue weighted by Gasteiger charge is 2.12. The van der Waals surface area contributed by atoms with Gasteiger partial charge in [0, 0.05) is 47.1 Å². The number of ether oxygens (including phenoxy) is 2. The van der Waals surface area contributed by atoms with E-state index in [4.69, 9.17) is 18.3 Å². The lowest BCUT2D eigenvalue weighted by Gasteiger charge is -2.07. The number of phenols is 2. The van der Waals surface area contributed by atoms with Gasteiger partial charge in [-0.2, -0.15) is 0 Å². The normalized spacial score (nSPS) is 10.6. The summed E-state index contributed by atoms with van der Waals surface area (Å²) >= 11 is 0. The van der Waals surface area contributed by atoms with Gasteiger partial charge in [-0.15, -0.1) is 0 Å². The molecule has 0 aliphatic heterocycles. The fraction of sp³-hybridized carbons (Fsp3) is 0.125. The molecule has 0 saturated heterocycles. The zero-order valence-corrected chi connectivity index (χ0v) is 22.3. The Labute approximate surface area is 243 Å². The van der Waals surface area contributed by atoms with E-state index in [9.17, 15) is 29.4 Å². The monoisotopic (exact) mass is 585 g/mol. The van der Waals surface area contributed by atoms with E-state index in [1.807, 2.05) is 0 Å². The van der Waals surface area contributed by atoms with Gasteiger partial charge >= 0.3 is 23.3 Å². The molecule has 0 fully saturated rings. The third kappa shape index (κ3) is 6.25. The Bertz CT molecular complexity index is 2130. The number of hydrogen-bond acceptors (Lipinski definition) is 10. The van der Waals surface area contributed by atoms with Gasteiger partial charge in [-0.25, -0.2) is 14.4 Å². The topological polar surface area (TPSA) is 166 Å². The summed E-state index contributed by atoms with van der Waals surface area (Å²) in [5.41, 5.74) is -0.482. The molecule has 43 heavy (non-hydrogen) atoms. The molecule has 0 saturated carbocycles. The van der Waals surface area contributed by atoms with Gasteiger partial charge in [0.25, 0.3) is 0 Å². The average Bonchev–Trinajstić information content (AvgIpc) is 2.97. The summed E-state index contributed by atoms with van der Waals surface area (Å²) in [7, 11) is 1.44. The number of carbonyl (C=O) groups is 2. The maximum Gasteiger partial charge on any atom is 0.412 e. The quantitative estimate of drug-likeness (QED) is 0.0974. The van der Waals surface area contributed by atoms with Gasteiger partial charge < -0.3 is 33.8 Å². The third-order valence-electron chi connectivity index (χ3n) is 6.27. The van der Waals surface area contributed by atoms with Crippen LogP contribution < -0.4 is 26.0 Å². The molecule has 0 spiro atoms. The van der Waals surface area contributed by atoms with E-state index in [1.165, 1.54) is 43.4 Å². The minimum Gasteiger partial charge on any atom is -0.508 e. The lowest BCUT2D eigenvalue weighted by Crippen LogP contribution is -2.22. The van der Waals surface area contributed by atoms with Crippen LogP contribution in [0.3, 0.4) is 0 Å². The third-order valence-corrected chi connectivity index (χ3v) is 6.27. The van der Waals surface area contributed by atoms with E-state index in [-0.39, 0.29) is 42.5 Å². The first kappa shape index (κ1) is 30.1. The van der Waals surface area contributed by atoms with Gasteiger partial charge in [0.2, 0.25) is 0 Å². The molecule has 0 atom stereocenters. The Morgan fingerprint density at radius 3 is 1.77 bits per heavy atom. The predicted molar refractivity (Wildman–Crippen MR) is 161 cm³/mol. The van der Waals surface area contributed by atoms with Crippen LogP contribution >= 0.6 is 0 Å². The van der Waals surface area contributed by atoms with Crippen molar-refractivity contribution in [3.8, 4) is 23.0 Å². The number of benzene rings is 4. The van der Waals surface area contributed by atoms with E-state index in [2.05, 4.69) is 5.32 Å². The molecule has 3 N–H and O–H groups in total. The molecule has 6 aromatic rings. The lowest BCUT2D eigenvalue weighted by atomic mass is 10.1. The molecule has 6 rings (SSSR count). The summed E-state index contributed by atoms with van der Waals surface area (Å²) in [6.07, 6.45) is -0.389. The van der Waals surface area contributed by atoms with Gasteiger partial charge in [-0.05, 0) is 60.7 Å². The van der Waals surface area contributed by atoms with Crippen molar-refractivity contribution in [3.63, 3.8) is 0 Å². The van der Waals surface area contributed by atoms with Crippen molar-refractivity contribution in [1.29, 1.82) is 0 Å². The van der Waals surface area contributed by atoms with E-state index in [0.29, 0.717) is 38.5 Å². The van der Waals surface area contributed by atoms with Gasteiger partial charge in [0.15, 0.2) is 0 Å².